The lowest BCUT2D eigenvalue weighted by Crippen LogP contribution is -2.35. The van der Waals surface area contributed by atoms with Gasteiger partial charge in [-0.3, -0.25) is 0 Å². The Morgan fingerprint density at radius 2 is 2.11 bits per heavy atom. The molecule has 0 aromatic heterocycles. The minimum absolute atomic E-state index is 0.191. The monoisotopic (exact) mass is 265 g/mol. The lowest BCUT2D eigenvalue weighted by Gasteiger charge is -2.35. The van der Waals surface area contributed by atoms with Gasteiger partial charge in [0.1, 0.15) is 17.7 Å². The van der Waals surface area contributed by atoms with E-state index in [1.165, 1.54) is 6.07 Å². The molecule has 19 heavy (non-hydrogen) atoms. The smallest absolute Gasteiger partial charge is 0.124 e. The van der Waals surface area contributed by atoms with E-state index in [9.17, 15) is 4.39 Å². The summed E-state index contributed by atoms with van der Waals surface area (Å²) >= 11 is 0. The fourth-order valence-electron chi connectivity index (χ4n) is 2.76. The zero-order chi connectivity index (χ0) is 14.0. The molecule has 0 fully saturated rings. The minimum atomic E-state index is -0.195. The topological polar surface area (TPSA) is 21.3 Å². The van der Waals surface area contributed by atoms with Gasteiger partial charge in [0, 0.05) is 18.0 Å². The molecule has 0 spiro atoms. The number of benzene rings is 1. The van der Waals surface area contributed by atoms with Gasteiger partial charge in [-0.2, -0.15) is 0 Å². The Morgan fingerprint density at radius 3 is 2.74 bits per heavy atom. The van der Waals surface area contributed by atoms with Crippen molar-refractivity contribution in [2.24, 2.45) is 5.41 Å². The molecule has 1 N–H and O–H groups in total. The van der Waals surface area contributed by atoms with Crippen molar-refractivity contribution in [3.05, 3.63) is 29.6 Å². The van der Waals surface area contributed by atoms with Crippen LogP contribution in [-0.4, -0.2) is 12.6 Å². The van der Waals surface area contributed by atoms with Crippen molar-refractivity contribution >= 4 is 0 Å². The number of hydrogen-bond donors (Lipinski definition) is 1. The van der Waals surface area contributed by atoms with Crippen LogP contribution >= 0.6 is 0 Å². The maximum atomic E-state index is 13.4. The minimum Gasteiger partial charge on any atom is -0.490 e. The third-order valence-corrected chi connectivity index (χ3v) is 3.43. The van der Waals surface area contributed by atoms with Crippen LogP contribution in [0.3, 0.4) is 0 Å². The summed E-state index contributed by atoms with van der Waals surface area (Å²) in [6.07, 6.45) is 2.11. The number of nitrogens with one attached hydrogen (secondary N) is 1. The number of fused-ring (bicyclic) bond motifs is 1. The first-order valence-electron chi connectivity index (χ1n) is 7.08. The van der Waals surface area contributed by atoms with Crippen LogP contribution in [0.1, 0.15) is 52.1 Å². The predicted molar refractivity (Wildman–Crippen MR) is 75.9 cm³/mol. The van der Waals surface area contributed by atoms with Crippen molar-refractivity contribution in [2.75, 3.05) is 6.54 Å². The van der Waals surface area contributed by atoms with E-state index >= 15 is 0 Å². The van der Waals surface area contributed by atoms with Crippen LogP contribution < -0.4 is 10.1 Å². The van der Waals surface area contributed by atoms with E-state index in [0.29, 0.717) is 0 Å². The summed E-state index contributed by atoms with van der Waals surface area (Å²) in [5.41, 5.74) is 1.19. The molecule has 0 saturated carbocycles. The van der Waals surface area contributed by atoms with Crippen molar-refractivity contribution in [3.63, 3.8) is 0 Å². The number of hydrogen-bond acceptors (Lipinski definition) is 2. The molecule has 0 aliphatic carbocycles. The molecule has 0 radical (unpaired) electrons. The van der Waals surface area contributed by atoms with Crippen molar-refractivity contribution in [2.45, 2.75) is 52.7 Å². The molecule has 0 amide bonds. The second kappa shape index (κ2) is 5.49. The fourth-order valence-corrected chi connectivity index (χ4v) is 2.76. The van der Waals surface area contributed by atoms with E-state index in [-0.39, 0.29) is 23.4 Å². The molecule has 1 heterocycles. The van der Waals surface area contributed by atoms with Crippen molar-refractivity contribution < 1.29 is 9.13 Å². The average Bonchev–Trinajstić information content (AvgIpc) is 2.28. The molecular weight excluding hydrogens is 241 g/mol. The second-order valence-electron chi connectivity index (χ2n) is 6.53. The van der Waals surface area contributed by atoms with Gasteiger partial charge in [-0.05, 0) is 36.6 Å². The molecule has 1 aromatic carbocycles. The highest BCUT2D eigenvalue weighted by Gasteiger charge is 2.30. The predicted octanol–water partition coefficient (Wildman–Crippen LogP) is 4.06. The molecule has 2 unspecified atom stereocenters. The molecule has 2 nitrogen and oxygen atoms in total. The Hall–Kier alpha value is -1.09. The summed E-state index contributed by atoms with van der Waals surface area (Å²) < 4.78 is 19.4. The van der Waals surface area contributed by atoms with Crippen LogP contribution in [0.5, 0.6) is 5.75 Å². The van der Waals surface area contributed by atoms with Gasteiger partial charge >= 0.3 is 0 Å². The van der Waals surface area contributed by atoms with Gasteiger partial charge in [-0.1, -0.05) is 27.7 Å². The summed E-state index contributed by atoms with van der Waals surface area (Å²) in [4.78, 5) is 0. The van der Waals surface area contributed by atoms with E-state index in [4.69, 9.17) is 4.74 Å². The molecule has 3 heteroatoms. The van der Waals surface area contributed by atoms with Gasteiger partial charge in [0.15, 0.2) is 0 Å². The quantitative estimate of drug-likeness (QED) is 0.889. The first-order valence-corrected chi connectivity index (χ1v) is 7.08. The van der Waals surface area contributed by atoms with Crippen LogP contribution in [0.4, 0.5) is 4.39 Å². The highest BCUT2D eigenvalue weighted by Crippen LogP contribution is 2.38. The van der Waals surface area contributed by atoms with Gasteiger partial charge in [-0.15, -0.1) is 0 Å². The molecule has 0 saturated heterocycles. The van der Waals surface area contributed by atoms with Crippen LogP contribution in [0, 0.1) is 11.2 Å². The van der Waals surface area contributed by atoms with E-state index in [1.54, 1.807) is 12.1 Å². The number of ether oxygens (including phenoxy) is 1. The van der Waals surface area contributed by atoms with Gasteiger partial charge in [0.05, 0.1) is 0 Å². The highest BCUT2D eigenvalue weighted by atomic mass is 19.1. The summed E-state index contributed by atoms with van der Waals surface area (Å²) in [5, 5.41) is 3.44. The van der Waals surface area contributed by atoms with Crippen LogP contribution in [0.2, 0.25) is 0 Å². The normalized spacial score (nSPS) is 22.8. The summed E-state index contributed by atoms with van der Waals surface area (Å²) in [6, 6.07) is 5.01. The molecular formula is C16H24FNO. The Bertz CT molecular complexity index is 439. The van der Waals surface area contributed by atoms with E-state index in [2.05, 4.69) is 33.0 Å². The third kappa shape index (κ3) is 3.69. The zero-order valence-corrected chi connectivity index (χ0v) is 12.3. The molecule has 1 aliphatic rings. The lowest BCUT2D eigenvalue weighted by atomic mass is 9.85. The van der Waals surface area contributed by atoms with Gasteiger partial charge in [0.2, 0.25) is 0 Å². The fraction of sp³-hybridized carbons (Fsp3) is 0.625. The molecule has 2 atom stereocenters. The molecule has 1 aliphatic heterocycles. The maximum Gasteiger partial charge on any atom is 0.124 e. The molecule has 1 aromatic rings. The molecule has 2 rings (SSSR count). The Morgan fingerprint density at radius 1 is 1.37 bits per heavy atom. The summed E-state index contributed by atoms with van der Waals surface area (Å²) in [7, 11) is 0. The standard InChI is InChI=1S/C16H24FNO/c1-5-18-14-9-12(10-16(2,3)4)19-15-7-6-11(17)8-13(14)15/h6-8,12,14,18H,5,9-10H2,1-4H3. The zero-order valence-electron chi connectivity index (χ0n) is 12.3. The lowest BCUT2D eigenvalue weighted by molar-refractivity contribution is 0.105. The third-order valence-electron chi connectivity index (χ3n) is 3.43. The molecule has 0 bridgehead atoms. The van der Waals surface area contributed by atoms with Crippen LogP contribution in [-0.2, 0) is 0 Å². The van der Waals surface area contributed by atoms with E-state index < -0.39 is 0 Å². The first kappa shape index (κ1) is 14.3. The highest BCUT2D eigenvalue weighted by molar-refractivity contribution is 5.38. The van der Waals surface area contributed by atoms with Crippen molar-refractivity contribution in [1.29, 1.82) is 0 Å². The van der Waals surface area contributed by atoms with Crippen LogP contribution in [0.15, 0.2) is 18.2 Å². The van der Waals surface area contributed by atoms with Gasteiger partial charge in [0.25, 0.3) is 0 Å². The Balaban J connectivity index is 2.23. The van der Waals surface area contributed by atoms with Crippen molar-refractivity contribution in [1.82, 2.24) is 5.32 Å². The largest absolute Gasteiger partial charge is 0.490 e. The molecule has 106 valence electrons. The van der Waals surface area contributed by atoms with Crippen molar-refractivity contribution in [3.8, 4) is 5.75 Å². The van der Waals surface area contributed by atoms with E-state index in [0.717, 1.165) is 30.7 Å². The number of halogens is 1. The summed E-state index contributed by atoms with van der Waals surface area (Å²) in [5.74, 6) is 0.632. The van der Waals surface area contributed by atoms with Gasteiger partial charge < -0.3 is 10.1 Å². The SMILES string of the molecule is CCNC1CC(CC(C)(C)C)Oc2ccc(F)cc21. The Kier molecular flexibility index (Phi) is 4.14. The number of rotatable bonds is 3. The van der Waals surface area contributed by atoms with Gasteiger partial charge in [-0.25, -0.2) is 4.39 Å². The van der Waals surface area contributed by atoms with Crippen LogP contribution in [0.25, 0.3) is 0 Å². The summed E-state index contributed by atoms with van der Waals surface area (Å²) in [6.45, 7) is 9.62. The average molecular weight is 265 g/mol. The van der Waals surface area contributed by atoms with E-state index in [1.807, 2.05) is 0 Å². The Labute approximate surface area is 115 Å². The maximum absolute atomic E-state index is 13.4. The second-order valence-corrected chi connectivity index (χ2v) is 6.53. The first-order chi connectivity index (χ1) is 8.89.